The lowest BCUT2D eigenvalue weighted by molar-refractivity contribution is -0.143. The van der Waals surface area contributed by atoms with Crippen molar-refractivity contribution in [3.8, 4) is 0 Å². The van der Waals surface area contributed by atoms with Crippen LogP contribution in [0, 0.1) is 0 Å². The Kier molecular flexibility index (Phi) is 55.5. The summed E-state index contributed by atoms with van der Waals surface area (Å²) in [5.74, 6) is -0.0647. The van der Waals surface area contributed by atoms with E-state index in [1.165, 1.54) is 257 Å². The molecular formula is C61H117NO5. The van der Waals surface area contributed by atoms with Crippen molar-refractivity contribution in [3.63, 3.8) is 0 Å². The van der Waals surface area contributed by atoms with Crippen molar-refractivity contribution in [2.75, 3.05) is 13.2 Å². The SMILES string of the molecule is CCCCCCCCC/C=C\CCCCCCCCCC(=O)OCCCCCCCCCCCCCCCCCCCCCC(=O)NC(CO)C(O)/C=C/CCCCCCCCCCCCC. The zero-order chi connectivity index (χ0) is 48.6. The van der Waals surface area contributed by atoms with Gasteiger partial charge in [0.1, 0.15) is 0 Å². The highest BCUT2D eigenvalue weighted by Crippen LogP contribution is 2.17. The van der Waals surface area contributed by atoms with Crippen LogP contribution in [0.5, 0.6) is 0 Å². The van der Waals surface area contributed by atoms with Gasteiger partial charge in [0.2, 0.25) is 5.91 Å². The summed E-state index contributed by atoms with van der Waals surface area (Å²) in [6.45, 7) is 4.90. The summed E-state index contributed by atoms with van der Waals surface area (Å²) in [5.41, 5.74) is 0. The topological polar surface area (TPSA) is 95.9 Å². The summed E-state index contributed by atoms with van der Waals surface area (Å²) < 4.78 is 5.49. The number of aliphatic hydroxyl groups excluding tert-OH is 2. The number of rotatable bonds is 56. The average Bonchev–Trinajstić information content (AvgIpc) is 3.33. The molecule has 67 heavy (non-hydrogen) atoms. The van der Waals surface area contributed by atoms with Crippen LogP contribution in [0.4, 0.5) is 0 Å². The lowest BCUT2D eigenvalue weighted by Gasteiger charge is -2.20. The molecule has 396 valence electrons. The Labute approximate surface area is 418 Å². The fourth-order valence-corrected chi connectivity index (χ4v) is 9.34. The second-order valence-electron chi connectivity index (χ2n) is 20.7. The van der Waals surface area contributed by atoms with E-state index < -0.39 is 12.1 Å². The maximum absolute atomic E-state index is 12.4. The number of nitrogens with one attached hydrogen (secondary N) is 1. The van der Waals surface area contributed by atoms with E-state index in [0.717, 1.165) is 44.9 Å². The van der Waals surface area contributed by atoms with Crippen LogP contribution < -0.4 is 5.32 Å². The van der Waals surface area contributed by atoms with Gasteiger partial charge in [0.25, 0.3) is 0 Å². The Hall–Kier alpha value is -1.66. The summed E-state index contributed by atoms with van der Waals surface area (Å²) in [7, 11) is 0. The van der Waals surface area contributed by atoms with Gasteiger partial charge in [-0.3, -0.25) is 9.59 Å². The van der Waals surface area contributed by atoms with E-state index in [-0.39, 0.29) is 18.5 Å². The van der Waals surface area contributed by atoms with Crippen LogP contribution in [0.15, 0.2) is 24.3 Å². The molecule has 1 amide bonds. The van der Waals surface area contributed by atoms with Gasteiger partial charge in [-0.2, -0.15) is 0 Å². The van der Waals surface area contributed by atoms with Crippen molar-refractivity contribution in [2.45, 2.75) is 341 Å². The van der Waals surface area contributed by atoms with Crippen molar-refractivity contribution in [3.05, 3.63) is 24.3 Å². The van der Waals surface area contributed by atoms with Gasteiger partial charge in [-0.15, -0.1) is 0 Å². The molecule has 0 aromatic heterocycles. The van der Waals surface area contributed by atoms with Crippen molar-refractivity contribution >= 4 is 11.9 Å². The van der Waals surface area contributed by atoms with E-state index in [0.29, 0.717) is 19.4 Å². The summed E-state index contributed by atoms with van der Waals surface area (Å²) in [6.07, 6.45) is 69.2. The van der Waals surface area contributed by atoms with Gasteiger partial charge in [0.05, 0.1) is 25.4 Å². The van der Waals surface area contributed by atoms with Crippen LogP contribution in [0.3, 0.4) is 0 Å². The summed E-state index contributed by atoms with van der Waals surface area (Å²) >= 11 is 0. The van der Waals surface area contributed by atoms with Crippen LogP contribution in [-0.4, -0.2) is 47.4 Å². The number of aliphatic hydroxyl groups is 2. The molecule has 6 nitrogen and oxygen atoms in total. The molecule has 2 atom stereocenters. The van der Waals surface area contributed by atoms with Gasteiger partial charge in [-0.1, -0.05) is 282 Å². The largest absolute Gasteiger partial charge is 0.466 e. The number of esters is 1. The van der Waals surface area contributed by atoms with Crippen molar-refractivity contribution in [1.29, 1.82) is 0 Å². The second kappa shape index (κ2) is 56.9. The predicted octanol–water partition coefficient (Wildman–Crippen LogP) is 18.6. The quantitative estimate of drug-likeness (QED) is 0.0321. The molecule has 0 rings (SSSR count). The van der Waals surface area contributed by atoms with Crippen LogP contribution in [0.2, 0.25) is 0 Å². The third-order valence-electron chi connectivity index (χ3n) is 14.0. The standard InChI is InChI=1S/C61H117NO5/c1-3-5-7-9-11-13-15-17-18-19-24-27-31-35-39-43-47-51-55-61(66)67-56-52-48-44-40-36-32-28-25-22-20-21-23-26-30-34-38-42-46-50-54-60(65)62-58(57-63)59(64)53-49-45-41-37-33-29-16-14-12-10-8-6-4-2/h18-19,49,53,58-59,63-64H,3-17,20-48,50-52,54-57H2,1-2H3,(H,62,65)/b19-18-,53-49+. The molecule has 0 saturated heterocycles. The van der Waals surface area contributed by atoms with Crippen molar-refractivity contribution in [1.82, 2.24) is 5.32 Å². The normalized spacial score (nSPS) is 12.7. The third-order valence-corrected chi connectivity index (χ3v) is 14.0. The van der Waals surface area contributed by atoms with E-state index in [9.17, 15) is 19.8 Å². The third kappa shape index (κ3) is 53.5. The van der Waals surface area contributed by atoms with Crippen molar-refractivity contribution in [2.24, 2.45) is 0 Å². The maximum Gasteiger partial charge on any atom is 0.305 e. The molecule has 0 aromatic carbocycles. The number of carbonyl (C=O) groups excluding carboxylic acids is 2. The zero-order valence-electron chi connectivity index (χ0n) is 45.1. The molecule has 0 fully saturated rings. The first-order valence-electron chi connectivity index (χ1n) is 30.1. The van der Waals surface area contributed by atoms with E-state index in [1.54, 1.807) is 6.08 Å². The number of hydrogen-bond donors (Lipinski definition) is 3. The van der Waals surface area contributed by atoms with Crippen LogP contribution in [0.25, 0.3) is 0 Å². The summed E-state index contributed by atoms with van der Waals surface area (Å²) in [6, 6.07) is -0.629. The van der Waals surface area contributed by atoms with Crippen LogP contribution >= 0.6 is 0 Å². The minimum Gasteiger partial charge on any atom is -0.466 e. The molecule has 0 aliphatic carbocycles. The second-order valence-corrected chi connectivity index (χ2v) is 20.7. The first kappa shape index (κ1) is 65.3. The van der Waals surface area contributed by atoms with Gasteiger partial charge in [-0.25, -0.2) is 0 Å². The minimum absolute atomic E-state index is 0.00561. The Morgan fingerprint density at radius 2 is 0.701 bits per heavy atom. The van der Waals surface area contributed by atoms with Gasteiger partial charge in [0, 0.05) is 12.8 Å². The van der Waals surface area contributed by atoms with Crippen LogP contribution in [0.1, 0.15) is 328 Å². The number of allylic oxidation sites excluding steroid dienone is 3. The molecule has 2 unspecified atom stereocenters. The van der Waals surface area contributed by atoms with E-state index in [2.05, 4.69) is 31.3 Å². The average molecular weight is 945 g/mol. The van der Waals surface area contributed by atoms with Gasteiger partial charge in [-0.05, 0) is 57.8 Å². The smallest absolute Gasteiger partial charge is 0.305 e. The lowest BCUT2D eigenvalue weighted by Crippen LogP contribution is -2.45. The predicted molar refractivity (Wildman–Crippen MR) is 292 cm³/mol. The van der Waals surface area contributed by atoms with E-state index in [4.69, 9.17) is 4.74 Å². The molecule has 0 heterocycles. The monoisotopic (exact) mass is 944 g/mol. The number of unbranched alkanes of at least 4 members (excludes halogenated alkanes) is 43. The molecule has 0 saturated carbocycles. The first-order chi connectivity index (χ1) is 33.0. The van der Waals surface area contributed by atoms with Crippen LogP contribution in [-0.2, 0) is 14.3 Å². The summed E-state index contributed by atoms with van der Waals surface area (Å²) in [4.78, 5) is 24.5. The Bertz CT molecular complexity index is 1040. The van der Waals surface area contributed by atoms with E-state index in [1.807, 2.05) is 6.08 Å². The maximum atomic E-state index is 12.4. The molecule has 0 aromatic rings. The lowest BCUT2D eigenvalue weighted by atomic mass is 10.0. The Balaban J connectivity index is 3.40. The molecule has 0 bridgehead atoms. The summed E-state index contributed by atoms with van der Waals surface area (Å²) in [5, 5.41) is 23.1. The molecule has 0 spiro atoms. The number of carbonyl (C=O) groups is 2. The number of ether oxygens (including phenoxy) is 1. The minimum atomic E-state index is -0.845. The first-order valence-corrected chi connectivity index (χ1v) is 30.1. The molecule has 0 radical (unpaired) electrons. The molecule has 3 N–H and O–H groups in total. The molecular weight excluding hydrogens is 827 g/mol. The van der Waals surface area contributed by atoms with Gasteiger partial charge in [0.15, 0.2) is 0 Å². The fourth-order valence-electron chi connectivity index (χ4n) is 9.34. The zero-order valence-corrected chi connectivity index (χ0v) is 45.1. The molecule has 6 heteroatoms. The van der Waals surface area contributed by atoms with Crippen molar-refractivity contribution < 1.29 is 24.5 Å². The van der Waals surface area contributed by atoms with E-state index >= 15 is 0 Å². The Morgan fingerprint density at radius 1 is 0.403 bits per heavy atom. The molecule has 0 aliphatic rings. The van der Waals surface area contributed by atoms with Gasteiger partial charge >= 0.3 is 5.97 Å². The molecule has 0 aliphatic heterocycles. The van der Waals surface area contributed by atoms with Gasteiger partial charge < -0.3 is 20.3 Å². The highest BCUT2D eigenvalue weighted by molar-refractivity contribution is 5.76. The Morgan fingerprint density at radius 3 is 1.06 bits per heavy atom. The number of hydrogen-bond acceptors (Lipinski definition) is 5. The highest BCUT2D eigenvalue weighted by atomic mass is 16.5. The fraction of sp³-hybridized carbons (Fsp3) is 0.902. The number of amides is 1. The highest BCUT2D eigenvalue weighted by Gasteiger charge is 2.18.